The maximum atomic E-state index is 12.2. The van der Waals surface area contributed by atoms with Gasteiger partial charge in [0.15, 0.2) is 0 Å². The fourth-order valence-corrected chi connectivity index (χ4v) is 2.92. The lowest BCUT2D eigenvalue weighted by Gasteiger charge is -2.33. The van der Waals surface area contributed by atoms with Gasteiger partial charge in [-0.25, -0.2) is 0 Å². The van der Waals surface area contributed by atoms with Crippen molar-refractivity contribution < 1.29 is 9.90 Å². The normalized spacial score (nSPS) is 21.7. The molecule has 22 heavy (non-hydrogen) atoms. The van der Waals surface area contributed by atoms with E-state index in [1.165, 1.54) is 4.90 Å². The summed E-state index contributed by atoms with van der Waals surface area (Å²) in [4.78, 5) is 13.6. The lowest BCUT2D eigenvalue weighted by molar-refractivity contribution is -0.137. The van der Waals surface area contributed by atoms with Crippen molar-refractivity contribution in [2.24, 2.45) is 0 Å². The number of amides is 1. The van der Waals surface area contributed by atoms with E-state index in [1.54, 1.807) is 25.4 Å². The Morgan fingerprint density at radius 1 is 1.05 bits per heavy atom. The summed E-state index contributed by atoms with van der Waals surface area (Å²) in [5, 5.41) is 11.1. The van der Waals surface area contributed by atoms with E-state index in [0.717, 1.165) is 16.7 Å². The van der Waals surface area contributed by atoms with Crippen LogP contribution in [0.5, 0.6) is 0 Å². The predicted octanol–water partition coefficient (Wildman–Crippen LogP) is 3.30. The minimum Gasteiger partial charge on any atom is -0.382 e. The molecule has 1 aliphatic heterocycles. The van der Waals surface area contributed by atoms with Crippen molar-refractivity contribution in [2.45, 2.75) is 12.0 Å². The summed E-state index contributed by atoms with van der Waals surface area (Å²) in [5.74, 6) is -0.706. The van der Waals surface area contributed by atoms with Gasteiger partial charge in [-0.15, -0.1) is 0 Å². The van der Waals surface area contributed by atoms with Crippen LogP contribution in [0.3, 0.4) is 0 Å². The van der Waals surface area contributed by atoms with E-state index in [4.69, 9.17) is 11.6 Å². The van der Waals surface area contributed by atoms with Gasteiger partial charge in [0.2, 0.25) is 0 Å². The summed E-state index contributed by atoms with van der Waals surface area (Å²) in [5.41, 5.74) is 2.77. The smallest absolute Gasteiger partial charge is 0.256 e. The molecule has 0 bridgehead atoms. The third-order valence-corrected chi connectivity index (χ3v) is 4.17. The fraction of sp³-hybridized carbons (Fsp3) is 0.167. The van der Waals surface area contributed by atoms with Crippen LogP contribution in [-0.4, -0.2) is 29.1 Å². The number of halogens is 1. The molecular weight excluding hydrogens is 298 g/mol. The first-order valence-electron chi connectivity index (χ1n) is 7.05. The molecule has 1 aliphatic rings. The lowest BCUT2D eigenvalue weighted by atomic mass is 9.81. The summed E-state index contributed by atoms with van der Waals surface area (Å²) in [6.45, 7) is 0. The molecule has 0 aromatic heterocycles. The summed E-state index contributed by atoms with van der Waals surface area (Å²) < 4.78 is 0. The minimum atomic E-state index is -1.11. The van der Waals surface area contributed by atoms with Gasteiger partial charge < -0.3 is 10.0 Å². The van der Waals surface area contributed by atoms with Gasteiger partial charge in [0.05, 0.1) is 0 Å². The van der Waals surface area contributed by atoms with Crippen LogP contribution >= 0.6 is 11.6 Å². The molecule has 2 atom stereocenters. The van der Waals surface area contributed by atoms with Crippen molar-refractivity contribution in [2.75, 3.05) is 7.05 Å². The van der Waals surface area contributed by atoms with Crippen LogP contribution in [0.1, 0.15) is 17.0 Å². The molecule has 0 aliphatic carbocycles. The molecule has 1 heterocycles. The van der Waals surface area contributed by atoms with Gasteiger partial charge in [-0.05, 0) is 28.8 Å². The average molecular weight is 314 g/mol. The van der Waals surface area contributed by atoms with E-state index >= 15 is 0 Å². The number of carbonyl (C=O) groups is 1. The number of aliphatic hydroxyl groups excluding tert-OH is 1. The third kappa shape index (κ3) is 2.65. The van der Waals surface area contributed by atoms with Crippen LogP contribution < -0.4 is 0 Å². The Morgan fingerprint density at radius 3 is 2.32 bits per heavy atom. The van der Waals surface area contributed by atoms with Crippen LogP contribution in [0.25, 0.3) is 5.57 Å². The Kier molecular flexibility index (Phi) is 4.01. The molecule has 112 valence electrons. The SMILES string of the molecule is CN1C=C(c2ccccc2)[C@H](c2ccc(Cl)cc2)[C@@H](O)C1=O. The standard InChI is InChI=1S/C18H16ClNO2/c1-20-11-15(12-5-3-2-4-6-12)16(17(21)18(20)22)13-7-9-14(19)10-8-13/h2-11,16-17,21H,1H3/t16-,17+/m0/s1. The van der Waals surface area contributed by atoms with E-state index < -0.39 is 12.0 Å². The number of carbonyl (C=O) groups excluding carboxylic acids is 1. The van der Waals surface area contributed by atoms with Gasteiger partial charge in [-0.2, -0.15) is 0 Å². The molecule has 4 heteroatoms. The predicted molar refractivity (Wildman–Crippen MR) is 87.4 cm³/mol. The van der Waals surface area contributed by atoms with Crippen molar-refractivity contribution in [1.29, 1.82) is 0 Å². The number of rotatable bonds is 2. The van der Waals surface area contributed by atoms with Crippen LogP contribution in [0.15, 0.2) is 60.8 Å². The number of aliphatic hydroxyl groups is 1. The second-order valence-corrected chi connectivity index (χ2v) is 5.81. The van der Waals surface area contributed by atoms with Gasteiger partial charge in [0, 0.05) is 24.2 Å². The molecule has 0 radical (unpaired) electrons. The number of hydrogen-bond donors (Lipinski definition) is 1. The van der Waals surface area contributed by atoms with Gasteiger partial charge >= 0.3 is 0 Å². The summed E-state index contributed by atoms with van der Waals surface area (Å²) in [7, 11) is 1.66. The van der Waals surface area contributed by atoms with E-state index in [0.29, 0.717) is 5.02 Å². The zero-order chi connectivity index (χ0) is 15.7. The lowest BCUT2D eigenvalue weighted by Crippen LogP contribution is -2.41. The van der Waals surface area contributed by atoms with Gasteiger partial charge in [0.1, 0.15) is 6.10 Å². The Morgan fingerprint density at radius 2 is 1.68 bits per heavy atom. The maximum absolute atomic E-state index is 12.2. The van der Waals surface area contributed by atoms with Crippen molar-refractivity contribution in [1.82, 2.24) is 4.90 Å². The monoisotopic (exact) mass is 313 g/mol. The summed E-state index contributed by atoms with van der Waals surface area (Å²) in [6.07, 6.45) is 0.690. The quantitative estimate of drug-likeness (QED) is 0.924. The molecule has 0 spiro atoms. The number of likely N-dealkylation sites (N-methyl/N-ethyl adjacent to an activating group) is 1. The molecule has 1 amide bonds. The average Bonchev–Trinajstić information content (AvgIpc) is 2.54. The van der Waals surface area contributed by atoms with Crippen LogP contribution in [0, 0.1) is 0 Å². The van der Waals surface area contributed by atoms with Gasteiger partial charge in [-0.1, -0.05) is 54.1 Å². The van der Waals surface area contributed by atoms with E-state index in [9.17, 15) is 9.90 Å². The maximum Gasteiger partial charge on any atom is 0.256 e. The first kappa shape index (κ1) is 14.8. The van der Waals surface area contributed by atoms with E-state index in [2.05, 4.69) is 0 Å². The van der Waals surface area contributed by atoms with Crippen LogP contribution in [0.4, 0.5) is 0 Å². The van der Waals surface area contributed by atoms with Crippen molar-refractivity contribution in [3.05, 3.63) is 76.9 Å². The van der Waals surface area contributed by atoms with E-state index in [-0.39, 0.29) is 5.91 Å². The van der Waals surface area contributed by atoms with Crippen LogP contribution in [-0.2, 0) is 4.79 Å². The highest BCUT2D eigenvalue weighted by atomic mass is 35.5. The summed E-state index contributed by atoms with van der Waals surface area (Å²) >= 11 is 5.94. The minimum absolute atomic E-state index is 0.306. The van der Waals surface area contributed by atoms with Gasteiger partial charge in [-0.3, -0.25) is 4.79 Å². The molecule has 2 aromatic carbocycles. The second-order valence-electron chi connectivity index (χ2n) is 5.37. The Hall–Kier alpha value is -2.10. The van der Waals surface area contributed by atoms with Gasteiger partial charge in [0.25, 0.3) is 5.91 Å². The zero-order valence-electron chi connectivity index (χ0n) is 12.1. The molecule has 0 saturated carbocycles. The highest BCUT2D eigenvalue weighted by molar-refractivity contribution is 6.30. The largest absolute Gasteiger partial charge is 0.382 e. The molecule has 2 aromatic rings. The highest BCUT2D eigenvalue weighted by Crippen LogP contribution is 2.38. The molecule has 1 N–H and O–H groups in total. The van der Waals surface area contributed by atoms with Crippen molar-refractivity contribution in [3.63, 3.8) is 0 Å². The fourth-order valence-electron chi connectivity index (χ4n) is 2.79. The van der Waals surface area contributed by atoms with E-state index in [1.807, 2.05) is 42.5 Å². The van der Waals surface area contributed by atoms with Crippen molar-refractivity contribution in [3.8, 4) is 0 Å². The number of hydrogen-bond acceptors (Lipinski definition) is 2. The molecule has 0 saturated heterocycles. The zero-order valence-corrected chi connectivity index (χ0v) is 12.9. The Balaban J connectivity index is 2.12. The van der Waals surface area contributed by atoms with Crippen molar-refractivity contribution >= 4 is 23.1 Å². The van der Waals surface area contributed by atoms with Crippen LogP contribution in [0.2, 0.25) is 5.02 Å². The Labute approximate surface area is 134 Å². The first-order valence-corrected chi connectivity index (χ1v) is 7.43. The molecule has 0 unspecified atom stereocenters. The first-order chi connectivity index (χ1) is 10.6. The summed E-state index contributed by atoms with van der Waals surface area (Å²) in [6, 6.07) is 17.0. The molecule has 0 fully saturated rings. The molecule has 3 rings (SSSR count). The number of benzene rings is 2. The Bertz CT molecular complexity index is 710. The molecular formula is C18H16ClNO2. The number of nitrogens with zero attached hydrogens (tertiary/aromatic N) is 1. The topological polar surface area (TPSA) is 40.5 Å². The third-order valence-electron chi connectivity index (χ3n) is 3.92. The second kappa shape index (κ2) is 5.95. The molecule has 3 nitrogen and oxygen atoms in total. The highest BCUT2D eigenvalue weighted by Gasteiger charge is 2.36.